The van der Waals surface area contributed by atoms with Crippen molar-refractivity contribution in [3.05, 3.63) is 77.4 Å². The molecule has 0 aliphatic carbocycles. The average molecular weight is 434 g/mol. The number of amides is 1. The van der Waals surface area contributed by atoms with E-state index in [2.05, 4.69) is 15.3 Å². The number of anilines is 1. The van der Waals surface area contributed by atoms with E-state index in [0.29, 0.717) is 24.5 Å². The van der Waals surface area contributed by atoms with Crippen molar-refractivity contribution in [1.82, 2.24) is 9.97 Å². The van der Waals surface area contributed by atoms with Crippen LogP contribution in [0.2, 0.25) is 5.02 Å². The normalized spacial score (nSPS) is 10.9. The highest BCUT2D eigenvalue weighted by molar-refractivity contribution is 6.31. The molecule has 0 aliphatic rings. The molecule has 5 nitrogen and oxygen atoms in total. The number of aryl methyl sites for hydroxylation is 1. The van der Waals surface area contributed by atoms with Gasteiger partial charge in [-0.15, -0.1) is 0 Å². The van der Waals surface area contributed by atoms with E-state index in [1.54, 1.807) is 6.20 Å². The van der Waals surface area contributed by atoms with Crippen LogP contribution in [0.3, 0.4) is 0 Å². The lowest BCUT2D eigenvalue weighted by molar-refractivity contribution is -0.116. The average Bonchev–Trinajstić information content (AvgIpc) is 3.14. The van der Waals surface area contributed by atoms with E-state index in [1.165, 1.54) is 0 Å². The highest BCUT2D eigenvalue weighted by Gasteiger charge is 2.15. The van der Waals surface area contributed by atoms with E-state index in [-0.39, 0.29) is 5.91 Å². The summed E-state index contributed by atoms with van der Waals surface area (Å²) in [5.74, 6) is 0.780. The lowest BCUT2D eigenvalue weighted by Crippen LogP contribution is -2.11. The molecule has 2 heterocycles. The quantitative estimate of drug-likeness (QED) is 0.345. The van der Waals surface area contributed by atoms with Gasteiger partial charge < -0.3 is 15.0 Å². The molecule has 1 amide bonds. The molecule has 0 atom stereocenters. The molecule has 2 aromatic heterocycles. The number of aromatic amines is 1. The van der Waals surface area contributed by atoms with E-state index >= 15 is 0 Å². The van der Waals surface area contributed by atoms with Crippen LogP contribution in [0.25, 0.3) is 22.3 Å². The molecule has 0 saturated carbocycles. The van der Waals surface area contributed by atoms with Crippen molar-refractivity contribution >= 4 is 34.1 Å². The number of ether oxygens (including phenoxy) is 1. The smallest absolute Gasteiger partial charge is 0.224 e. The molecule has 4 aromatic rings. The third-order valence-electron chi connectivity index (χ3n) is 5.07. The minimum Gasteiger partial charge on any atom is -0.494 e. The predicted octanol–water partition coefficient (Wildman–Crippen LogP) is 6.24. The fraction of sp³-hybridized carbons (Fsp3) is 0.200. The number of nitrogens with zero attached hydrogens (tertiary/aromatic N) is 1. The Balaban J connectivity index is 1.46. The summed E-state index contributed by atoms with van der Waals surface area (Å²) < 4.78 is 5.43. The van der Waals surface area contributed by atoms with Crippen LogP contribution >= 0.6 is 11.6 Å². The minimum absolute atomic E-state index is 0.0126. The predicted molar refractivity (Wildman–Crippen MR) is 126 cm³/mol. The van der Waals surface area contributed by atoms with Crippen molar-refractivity contribution in [3.8, 4) is 17.1 Å². The highest BCUT2D eigenvalue weighted by Crippen LogP contribution is 2.32. The molecule has 2 N–H and O–H groups in total. The van der Waals surface area contributed by atoms with Gasteiger partial charge in [-0.05, 0) is 79.9 Å². The molecular formula is C25H24ClN3O2. The molecule has 158 valence electrons. The zero-order valence-electron chi connectivity index (χ0n) is 17.3. The number of pyridine rings is 1. The van der Waals surface area contributed by atoms with Crippen LogP contribution in [0.15, 0.2) is 66.9 Å². The maximum atomic E-state index is 12.4. The lowest BCUT2D eigenvalue weighted by atomic mass is 10.0. The topological polar surface area (TPSA) is 67.0 Å². The van der Waals surface area contributed by atoms with Crippen LogP contribution < -0.4 is 10.1 Å². The van der Waals surface area contributed by atoms with Crippen molar-refractivity contribution in [2.75, 3.05) is 11.9 Å². The Hall–Kier alpha value is -3.31. The van der Waals surface area contributed by atoms with Crippen molar-refractivity contribution in [1.29, 1.82) is 0 Å². The number of nitrogens with one attached hydrogen (secondary N) is 2. The first-order valence-corrected chi connectivity index (χ1v) is 10.8. The molecule has 0 saturated heterocycles. The van der Waals surface area contributed by atoms with Crippen LogP contribution in [0, 0.1) is 0 Å². The highest BCUT2D eigenvalue weighted by atomic mass is 35.5. The van der Waals surface area contributed by atoms with Crippen molar-refractivity contribution < 1.29 is 9.53 Å². The van der Waals surface area contributed by atoms with Gasteiger partial charge in [0, 0.05) is 34.2 Å². The maximum absolute atomic E-state index is 12.4. The van der Waals surface area contributed by atoms with Gasteiger partial charge >= 0.3 is 0 Å². The van der Waals surface area contributed by atoms with Crippen LogP contribution in [0.4, 0.5) is 5.69 Å². The Morgan fingerprint density at radius 1 is 1.13 bits per heavy atom. The molecule has 0 bridgehead atoms. The number of rotatable bonds is 8. The number of carbonyl (C=O) groups is 1. The number of carbonyl (C=O) groups excluding carboxylic acids is 1. The molecule has 2 aromatic carbocycles. The van der Waals surface area contributed by atoms with Gasteiger partial charge in [-0.2, -0.15) is 0 Å². The fourth-order valence-electron chi connectivity index (χ4n) is 3.66. The first-order valence-electron chi connectivity index (χ1n) is 10.4. The Morgan fingerprint density at radius 2 is 1.97 bits per heavy atom. The molecule has 0 unspecified atom stereocenters. The second-order valence-corrected chi connectivity index (χ2v) is 7.68. The SMILES string of the molecule is CCOc1ccc(NC(=O)CCCc2c(-c3ccccn3)[nH]c3ccc(Cl)cc23)cc1. The first-order chi connectivity index (χ1) is 15.1. The summed E-state index contributed by atoms with van der Waals surface area (Å²) in [4.78, 5) is 20.4. The van der Waals surface area contributed by atoms with Crippen LogP contribution in [-0.4, -0.2) is 22.5 Å². The molecular weight excluding hydrogens is 410 g/mol. The zero-order chi connectivity index (χ0) is 21.6. The summed E-state index contributed by atoms with van der Waals surface area (Å²) in [7, 11) is 0. The number of hydrogen-bond acceptors (Lipinski definition) is 3. The zero-order valence-corrected chi connectivity index (χ0v) is 18.1. The Bertz CT molecular complexity index is 1170. The second-order valence-electron chi connectivity index (χ2n) is 7.24. The molecule has 0 radical (unpaired) electrons. The molecule has 0 fully saturated rings. The number of H-pyrrole nitrogens is 1. The van der Waals surface area contributed by atoms with E-state index in [1.807, 2.05) is 67.6 Å². The lowest BCUT2D eigenvalue weighted by Gasteiger charge is -2.08. The monoisotopic (exact) mass is 433 g/mol. The van der Waals surface area contributed by atoms with Crippen LogP contribution in [0.1, 0.15) is 25.3 Å². The van der Waals surface area contributed by atoms with Crippen LogP contribution in [-0.2, 0) is 11.2 Å². The third-order valence-corrected chi connectivity index (χ3v) is 5.30. The minimum atomic E-state index is -0.0126. The second kappa shape index (κ2) is 9.67. The van der Waals surface area contributed by atoms with Crippen molar-refractivity contribution in [2.45, 2.75) is 26.2 Å². The number of hydrogen-bond donors (Lipinski definition) is 2. The van der Waals surface area contributed by atoms with Gasteiger partial charge in [-0.3, -0.25) is 9.78 Å². The number of benzene rings is 2. The van der Waals surface area contributed by atoms with Gasteiger partial charge in [-0.1, -0.05) is 17.7 Å². The molecule has 31 heavy (non-hydrogen) atoms. The van der Waals surface area contributed by atoms with Gasteiger partial charge in [0.1, 0.15) is 5.75 Å². The van der Waals surface area contributed by atoms with E-state index in [9.17, 15) is 4.79 Å². The Kier molecular flexibility index (Phi) is 6.53. The summed E-state index contributed by atoms with van der Waals surface area (Å²) in [6, 6.07) is 19.1. The van der Waals surface area contributed by atoms with E-state index in [4.69, 9.17) is 16.3 Å². The third kappa shape index (κ3) is 5.06. The molecule has 0 spiro atoms. The van der Waals surface area contributed by atoms with E-state index < -0.39 is 0 Å². The standard InChI is InChI=1S/C25H24ClN3O2/c1-2-31-19-12-10-18(11-13-19)28-24(30)8-5-6-20-21-16-17(26)9-14-22(21)29-25(20)23-7-3-4-15-27-23/h3-4,7,9-16,29H,2,5-6,8H2,1H3,(H,28,30). The Labute approximate surface area is 186 Å². The van der Waals surface area contributed by atoms with Crippen molar-refractivity contribution in [3.63, 3.8) is 0 Å². The molecule has 4 rings (SSSR count). The summed E-state index contributed by atoms with van der Waals surface area (Å²) in [5.41, 5.74) is 4.76. The number of halogens is 1. The van der Waals surface area contributed by atoms with Gasteiger partial charge in [0.25, 0.3) is 0 Å². The van der Waals surface area contributed by atoms with Gasteiger partial charge in [0.15, 0.2) is 0 Å². The van der Waals surface area contributed by atoms with Crippen molar-refractivity contribution in [2.24, 2.45) is 0 Å². The van der Waals surface area contributed by atoms with Crippen LogP contribution in [0.5, 0.6) is 5.75 Å². The summed E-state index contributed by atoms with van der Waals surface area (Å²) in [6.07, 6.45) is 3.65. The van der Waals surface area contributed by atoms with Gasteiger partial charge in [0.05, 0.1) is 18.0 Å². The summed E-state index contributed by atoms with van der Waals surface area (Å²) in [5, 5.41) is 4.71. The number of aromatic nitrogens is 2. The number of fused-ring (bicyclic) bond motifs is 1. The maximum Gasteiger partial charge on any atom is 0.224 e. The summed E-state index contributed by atoms with van der Waals surface area (Å²) >= 11 is 6.25. The van der Waals surface area contributed by atoms with E-state index in [0.717, 1.165) is 45.7 Å². The molecule has 6 heteroatoms. The summed E-state index contributed by atoms with van der Waals surface area (Å²) in [6.45, 7) is 2.56. The van der Waals surface area contributed by atoms with Gasteiger partial charge in [0.2, 0.25) is 5.91 Å². The fourth-order valence-corrected chi connectivity index (χ4v) is 3.83. The largest absolute Gasteiger partial charge is 0.494 e. The Morgan fingerprint density at radius 3 is 2.71 bits per heavy atom. The first kappa shape index (κ1) is 20.9. The molecule has 0 aliphatic heterocycles. The van der Waals surface area contributed by atoms with Gasteiger partial charge in [-0.25, -0.2) is 0 Å².